The summed E-state index contributed by atoms with van der Waals surface area (Å²) in [6.45, 7) is 4.96. The van der Waals surface area contributed by atoms with Crippen LogP contribution in [0.2, 0.25) is 5.02 Å². The first-order chi connectivity index (χ1) is 11.9. The molecule has 0 amide bonds. The van der Waals surface area contributed by atoms with Crippen molar-refractivity contribution in [1.29, 1.82) is 0 Å². The number of hydrogen-bond acceptors (Lipinski definition) is 4. The van der Waals surface area contributed by atoms with Gasteiger partial charge in [-0.05, 0) is 43.7 Å². The van der Waals surface area contributed by atoms with Gasteiger partial charge in [-0.2, -0.15) is 0 Å². The van der Waals surface area contributed by atoms with Crippen LogP contribution in [0.4, 0.5) is 4.39 Å². The average Bonchev–Trinajstić information content (AvgIpc) is 2.87. The summed E-state index contributed by atoms with van der Waals surface area (Å²) in [5.41, 5.74) is 4.28. The molecule has 3 aliphatic rings. The minimum atomic E-state index is -0.406. The number of fused-ring (bicyclic) bond motifs is 2. The Morgan fingerprint density at radius 3 is 2.88 bits per heavy atom. The summed E-state index contributed by atoms with van der Waals surface area (Å²) in [6.07, 6.45) is 3.11. The number of ketones is 1. The first kappa shape index (κ1) is 16.6. The number of hydrogen-bond donors (Lipinski definition) is 0. The van der Waals surface area contributed by atoms with Crippen LogP contribution in [0.25, 0.3) is 0 Å². The van der Waals surface area contributed by atoms with Crippen LogP contribution in [0.5, 0.6) is 0 Å². The van der Waals surface area contributed by atoms with Crippen molar-refractivity contribution in [3.8, 4) is 0 Å². The van der Waals surface area contributed by atoms with Gasteiger partial charge in [0.05, 0.1) is 17.7 Å². The minimum absolute atomic E-state index is 0.136. The summed E-state index contributed by atoms with van der Waals surface area (Å²) in [7, 11) is 2.10. The van der Waals surface area contributed by atoms with Crippen LogP contribution in [0.15, 0.2) is 41.2 Å². The van der Waals surface area contributed by atoms with Gasteiger partial charge in [-0.25, -0.2) is 4.39 Å². The molecule has 0 aromatic heterocycles. The van der Waals surface area contributed by atoms with E-state index in [9.17, 15) is 9.18 Å². The second kappa shape index (κ2) is 6.15. The van der Waals surface area contributed by atoms with E-state index in [0.717, 1.165) is 30.6 Å². The number of halogens is 2. The Balaban J connectivity index is 1.61. The minimum Gasteiger partial charge on any atom is -0.372 e. The van der Waals surface area contributed by atoms with Gasteiger partial charge in [0, 0.05) is 37.1 Å². The predicted molar refractivity (Wildman–Crippen MR) is 95.4 cm³/mol. The van der Waals surface area contributed by atoms with E-state index < -0.39 is 5.82 Å². The van der Waals surface area contributed by atoms with E-state index in [1.807, 2.05) is 6.20 Å². The van der Waals surface area contributed by atoms with Gasteiger partial charge in [0.1, 0.15) is 5.82 Å². The van der Waals surface area contributed by atoms with Crippen LogP contribution in [0, 0.1) is 5.82 Å². The maximum atomic E-state index is 13.3. The highest BCUT2D eigenvalue weighted by Gasteiger charge is 2.39. The molecule has 1 aromatic carbocycles. The van der Waals surface area contributed by atoms with Crippen LogP contribution < -0.4 is 0 Å². The van der Waals surface area contributed by atoms with Gasteiger partial charge in [-0.3, -0.25) is 9.69 Å². The molecule has 0 bridgehead atoms. The molecule has 4 nitrogen and oxygen atoms in total. The molecule has 1 fully saturated rings. The monoisotopic (exact) mass is 361 g/mol. The zero-order chi connectivity index (χ0) is 17.7. The average molecular weight is 362 g/mol. The molecular formula is C19H21ClFN3O. The van der Waals surface area contributed by atoms with Crippen LogP contribution in [-0.4, -0.2) is 53.3 Å². The van der Waals surface area contributed by atoms with Gasteiger partial charge in [0.25, 0.3) is 0 Å². The summed E-state index contributed by atoms with van der Waals surface area (Å²) in [5.74, 6) is -0.223. The van der Waals surface area contributed by atoms with Crippen molar-refractivity contribution < 1.29 is 9.18 Å². The fourth-order valence-corrected chi connectivity index (χ4v) is 4.11. The molecule has 1 saturated heterocycles. The number of likely N-dealkylation sites (N-methyl/N-ethyl adjacent to an activating group) is 1. The predicted octanol–water partition coefficient (Wildman–Crippen LogP) is 3.00. The standard InChI is InChI=1S/C19H21ClFN3O/c1-12-22(2)10-18-14-5-6-23(9-15(14)19(25)11-24(12)18)8-13-3-4-17(21)16(20)7-13/h3-4,7,9,12H,5-6,8,10-11H2,1-2H3. The third-order valence-corrected chi connectivity index (χ3v) is 5.74. The first-order valence-electron chi connectivity index (χ1n) is 8.56. The molecule has 3 heterocycles. The molecule has 0 saturated carbocycles. The van der Waals surface area contributed by atoms with Crippen molar-refractivity contribution in [1.82, 2.24) is 14.7 Å². The van der Waals surface area contributed by atoms with Gasteiger partial charge in [0.2, 0.25) is 0 Å². The lowest BCUT2D eigenvalue weighted by atomic mass is 9.90. The third kappa shape index (κ3) is 2.85. The molecule has 132 valence electrons. The highest BCUT2D eigenvalue weighted by Crippen LogP contribution is 2.36. The molecule has 3 aliphatic heterocycles. The zero-order valence-electron chi connectivity index (χ0n) is 14.4. The molecule has 4 rings (SSSR count). The molecule has 0 aliphatic carbocycles. The van der Waals surface area contributed by atoms with Crippen LogP contribution >= 0.6 is 11.6 Å². The smallest absolute Gasteiger partial charge is 0.183 e. The lowest BCUT2D eigenvalue weighted by Gasteiger charge is -2.36. The third-order valence-electron chi connectivity index (χ3n) is 5.45. The van der Waals surface area contributed by atoms with Gasteiger partial charge < -0.3 is 9.80 Å². The number of Topliss-reactive ketones (excluding diaryl/α,β-unsaturated/α-hetero) is 1. The first-order valence-corrected chi connectivity index (χ1v) is 8.94. The maximum absolute atomic E-state index is 13.3. The van der Waals surface area contributed by atoms with Crippen molar-refractivity contribution in [2.24, 2.45) is 0 Å². The number of carbonyl (C=O) groups is 1. The Kier molecular flexibility index (Phi) is 4.08. The van der Waals surface area contributed by atoms with Gasteiger partial charge in [-0.15, -0.1) is 0 Å². The van der Waals surface area contributed by atoms with Crippen molar-refractivity contribution in [3.05, 3.63) is 57.6 Å². The lowest BCUT2D eigenvalue weighted by Crippen LogP contribution is -2.41. The number of nitrogens with zero attached hydrogens (tertiary/aromatic N) is 3. The van der Waals surface area contributed by atoms with E-state index in [1.165, 1.54) is 17.3 Å². The lowest BCUT2D eigenvalue weighted by molar-refractivity contribution is -0.117. The molecule has 1 atom stereocenters. The van der Waals surface area contributed by atoms with E-state index >= 15 is 0 Å². The maximum Gasteiger partial charge on any atom is 0.183 e. The summed E-state index contributed by atoms with van der Waals surface area (Å²) in [5, 5.41) is 0.136. The van der Waals surface area contributed by atoms with Crippen LogP contribution in [-0.2, 0) is 11.3 Å². The van der Waals surface area contributed by atoms with E-state index in [0.29, 0.717) is 13.1 Å². The Bertz CT molecular complexity index is 804. The molecule has 0 N–H and O–H groups in total. The summed E-state index contributed by atoms with van der Waals surface area (Å²) >= 11 is 5.87. The molecule has 0 spiro atoms. The largest absolute Gasteiger partial charge is 0.372 e. The molecular weight excluding hydrogens is 341 g/mol. The topological polar surface area (TPSA) is 26.8 Å². The van der Waals surface area contributed by atoms with E-state index in [1.54, 1.807) is 12.1 Å². The van der Waals surface area contributed by atoms with Gasteiger partial charge >= 0.3 is 0 Å². The Morgan fingerprint density at radius 1 is 1.32 bits per heavy atom. The van der Waals surface area contributed by atoms with Crippen LogP contribution in [0.1, 0.15) is 18.9 Å². The van der Waals surface area contributed by atoms with E-state index in [4.69, 9.17) is 11.6 Å². The van der Waals surface area contributed by atoms with Crippen molar-refractivity contribution in [3.63, 3.8) is 0 Å². The Labute approximate surface area is 152 Å². The second-order valence-electron chi connectivity index (χ2n) is 7.04. The normalized spacial score (nSPS) is 23.8. The van der Waals surface area contributed by atoms with Gasteiger partial charge in [-0.1, -0.05) is 17.7 Å². The summed E-state index contributed by atoms with van der Waals surface area (Å²) < 4.78 is 13.3. The molecule has 6 heteroatoms. The Hall–Kier alpha value is -1.85. The van der Waals surface area contributed by atoms with Crippen molar-refractivity contribution >= 4 is 17.4 Å². The summed E-state index contributed by atoms with van der Waals surface area (Å²) in [4.78, 5) is 19.3. The highest BCUT2D eigenvalue weighted by molar-refractivity contribution is 6.30. The highest BCUT2D eigenvalue weighted by atomic mass is 35.5. The van der Waals surface area contributed by atoms with E-state index in [-0.39, 0.29) is 17.0 Å². The van der Waals surface area contributed by atoms with Crippen LogP contribution in [0.3, 0.4) is 0 Å². The molecule has 25 heavy (non-hydrogen) atoms. The number of carbonyl (C=O) groups excluding carboxylic acids is 1. The number of rotatable bonds is 2. The van der Waals surface area contributed by atoms with Gasteiger partial charge in [0.15, 0.2) is 5.78 Å². The Morgan fingerprint density at radius 2 is 2.12 bits per heavy atom. The summed E-state index contributed by atoms with van der Waals surface area (Å²) in [6, 6.07) is 4.79. The quantitative estimate of drug-likeness (QED) is 0.809. The van der Waals surface area contributed by atoms with Crippen molar-refractivity contribution in [2.75, 3.05) is 26.7 Å². The SMILES string of the molecule is CC1N(C)CC2=C3CCN(Cc4ccc(F)c(Cl)c4)C=C3C(=O)CN21. The van der Waals surface area contributed by atoms with E-state index in [2.05, 4.69) is 28.7 Å². The molecule has 1 aromatic rings. The second-order valence-corrected chi connectivity index (χ2v) is 7.44. The fourth-order valence-electron chi connectivity index (χ4n) is 3.91. The molecule has 0 radical (unpaired) electrons. The molecule has 1 unspecified atom stereocenters. The zero-order valence-corrected chi connectivity index (χ0v) is 15.2. The number of benzene rings is 1. The van der Waals surface area contributed by atoms with Crippen molar-refractivity contribution in [2.45, 2.75) is 26.1 Å². The fraction of sp³-hybridized carbons (Fsp3) is 0.421.